The lowest BCUT2D eigenvalue weighted by Crippen LogP contribution is -2.43. The predicted octanol–water partition coefficient (Wildman–Crippen LogP) is 8.76. The van der Waals surface area contributed by atoms with Gasteiger partial charge in [-0.15, -0.1) is 0 Å². The number of nitrogens with zero attached hydrogens (tertiary/aromatic N) is 7. The van der Waals surface area contributed by atoms with E-state index in [-0.39, 0.29) is 18.3 Å². The number of likely N-dealkylation sites (tertiary alicyclic amines) is 1. The molecule has 4 heterocycles. The van der Waals surface area contributed by atoms with Gasteiger partial charge in [0.2, 0.25) is 5.91 Å². The number of anilines is 4. The molecular weight excluding hydrogens is 1050 g/mol. The van der Waals surface area contributed by atoms with Crippen LogP contribution in [0.1, 0.15) is 25.7 Å². The fraction of sp³-hybridized carbons (Fsp3) is 0.400. The summed E-state index contributed by atoms with van der Waals surface area (Å²) in [6.07, 6.45) is 6.87. The highest BCUT2D eigenvalue weighted by molar-refractivity contribution is 9.10. The van der Waals surface area contributed by atoms with E-state index in [0.717, 1.165) is 57.2 Å². The summed E-state index contributed by atoms with van der Waals surface area (Å²) in [5.41, 5.74) is 1.99. The molecular formula is C50H60Br2F2N10O7. The molecule has 2 aliphatic heterocycles. The normalized spacial score (nSPS) is 14.1. The molecule has 0 atom stereocenters. The first kappa shape index (κ1) is 54.3. The first-order valence-corrected chi connectivity index (χ1v) is 24.5. The molecule has 0 bridgehead atoms. The molecule has 2 aliphatic rings. The second-order valence-corrected chi connectivity index (χ2v) is 19.3. The number of carbonyl (C=O) groups excluding carboxylic acids is 1. The van der Waals surface area contributed by atoms with Crippen LogP contribution in [0.25, 0.3) is 21.8 Å². The first-order chi connectivity index (χ1) is 34.1. The van der Waals surface area contributed by atoms with E-state index in [4.69, 9.17) is 24.1 Å². The van der Waals surface area contributed by atoms with Gasteiger partial charge in [-0.3, -0.25) is 14.5 Å². The number of rotatable bonds is 16. The zero-order valence-corrected chi connectivity index (χ0v) is 43.8. The van der Waals surface area contributed by atoms with Gasteiger partial charge >= 0.3 is 5.97 Å². The molecule has 8 rings (SSSR count). The minimum Gasteiger partial charge on any atom is -0.493 e. The van der Waals surface area contributed by atoms with Crippen molar-refractivity contribution < 1.29 is 42.4 Å². The van der Waals surface area contributed by atoms with Crippen LogP contribution in [-0.2, 0) is 9.59 Å². The van der Waals surface area contributed by atoms with E-state index in [1.807, 2.05) is 42.1 Å². The highest BCUT2D eigenvalue weighted by atomic mass is 79.9. The number of carbonyl (C=O) groups is 2. The zero-order chi connectivity index (χ0) is 51.0. The Morgan fingerprint density at radius 1 is 0.676 bits per heavy atom. The van der Waals surface area contributed by atoms with Gasteiger partial charge in [-0.2, -0.15) is 0 Å². The number of carboxylic acid groups (broad SMARTS) is 1. The number of hydrogen-bond acceptors (Lipinski definition) is 15. The topological polar surface area (TPSA) is 189 Å². The minimum absolute atomic E-state index is 0.111. The van der Waals surface area contributed by atoms with Gasteiger partial charge in [0.1, 0.15) is 35.9 Å². The molecule has 4 N–H and O–H groups in total. The van der Waals surface area contributed by atoms with Gasteiger partial charge in [-0.05, 0) is 127 Å². The third-order valence-electron chi connectivity index (χ3n) is 11.5. The standard InChI is InChI=1S/C25H29BrFN5O3.C21H22BrFN4O2.C4H9NO2/c1-31(2)13-24(33)32-8-6-16(7-9-32)14-35-23-12-21-18(11-22(23)34-3)25(29-15-28-21)30-20-5-4-17(26)10-19(20)27;1-28-19-9-15-18(10-20(19)29-11-13-4-6-24-7-5-13)25-12-26-21(15)27-17-3-2-14(22)8-16(17)23;1-5(2)3-4(6)7/h4-5,10-12,15-16H,6-9,13-14H2,1-3H3,(H,28,29,30);2-3,8-10,12-13,24H,4-7,11H2,1H3,(H,25,26,27);3H2,1-2H3,(H,6,7). The molecule has 17 nitrogen and oxygen atoms in total. The van der Waals surface area contributed by atoms with E-state index < -0.39 is 11.8 Å². The van der Waals surface area contributed by atoms with Crippen molar-refractivity contribution in [3.8, 4) is 23.0 Å². The van der Waals surface area contributed by atoms with Gasteiger partial charge in [-0.1, -0.05) is 31.9 Å². The van der Waals surface area contributed by atoms with Crippen LogP contribution >= 0.6 is 31.9 Å². The van der Waals surface area contributed by atoms with Crippen molar-refractivity contribution in [2.45, 2.75) is 25.7 Å². The number of halogens is 4. The van der Waals surface area contributed by atoms with Gasteiger partial charge in [0.25, 0.3) is 0 Å². The lowest BCUT2D eigenvalue weighted by atomic mass is 9.97. The third kappa shape index (κ3) is 16.0. The molecule has 4 aromatic carbocycles. The third-order valence-corrected chi connectivity index (χ3v) is 12.5. The Kier molecular flexibility index (Phi) is 20.2. The largest absolute Gasteiger partial charge is 0.493 e. The summed E-state index contributed by atoms with van der Waals surface area (Å²) >= 11 is 6.53. The number of piperidine rings is 2. The molecule has 0 unspecified atom stereocenters. The average Bonchev–Trinajstić information content (AvgIpc) is 3.34. The number of amides is 1. The van der Waals surface area contributed by atoms with Gasteiger partial charge in [0.05, 0.1) is 62.9 Å². The monoisotopic (exact) mass is 1110 g/mol. The van der Waals surface area contributed by atoms with Crippen molar-refractivity contribution in [2.75, 3.05) is 106 Å². The lowest BCUT2D eigenvalue weighted by molar-refractivity contribution is -0.137. The molecule has 0 aliphatic carbocycles. The summed E-state index contributed by atoms with van der Waals surface area (Å²) in [5.74, 6) is 2.83. The molecule has 1 amide bonds. The number of aliphatic carboxylic acids is 1. The quantitative estimate of drug-likeness (QED) is 0.0719. The van der Waals surface area contributed by atoms with Crippen LogP contribution in [0.2, 0.25) is 0 Å². The van der Waals surface area contributed by atoms with Crippen molar-refractivity contribution in [1.29, 1.82) is 0 Å². The lowest BCUT2D eigenvalue weighted by Gasteiger charge is -2.32. The van der Waals surface area contributed by atoms with Crippen LogP contribution < -0.4 is 34.9 Å². The van der Waals surface area contributed by atoms with Crippen molar-refractivity contribution in [3.05, 3.63) is 93.9 Å². The van der Waals surface area contributed by atoms with Crippen LogP contribution in [0.3, 0.4) is 0 Å². The number of hydrogen-bond donors (Lipinski definition) is 4. The average molecular weight is 1110 g/mol. The van der Waals surface area contributed by atoms with Crippen LogP contribution in [0.4, 0.5) is 31.8 Å². The number of benzene rings is 4. The molecule has 2 saturated heterocycles. The maximum Gasteiger partial charge on any atom is 0.317 e. The molecule has 0 spiro atoms. The Morgan fingerprint density at radius 2 is 1.13 bits per heavy atom. The van der Waals surface area contributed by atoms with E-state index in [9.17, 15) is 18.4 Å². The molecule has 2 aromatic heterocycles. The Bertz CT molecular complexity index is 2750. The maximum atomic E-state index is 14.3. The number of nitrogens with one attached hydrogen (secondary N) is 3. The summed E-state index contributed by atoms with van der Waals surface area (Å²) in [6, 6.07) is 16.9. The van der Waals surface area contributed by atoms with E-state index in [0.29, 0.717) is 103 Å². The van der Waals surface area contributed by atoms with Crippen molar-refractivity contribution in [1.82, 2.24) is 40.0 Å². The summed E-state index contributed by atoms with van der Waals surface area (Å²) in [5, 5.41) is 18.9. The fourth-order valence-corrected chi connectivity index (χ4v) is 8.43. The Balaban J connectivity index is 0.000000208. The van der Waals surface area contributed by atoms with E-state index in [1.54, 1.807) is 63.5 Å². The highest BCUT2D eigenvalue weighted by Gasteiger charge is 2.24. The Labute approximate surface area is 428 Å². The van der Waals surface area contributed by atoms with Gasteiger partial charge in [-0.25, -0.2) is 28.7 Å². The Morgan fingerprint density at radius 3 is 1.52 bits per heavy atom. The second kappa shape index (κ2) is 26.4. The molecule has 71 heavy (non-hydrogen) atoms. The maximum absolute atomic E-state index is 14.3. The SMILES string of the molecule is CN(C)CC(=O)O.COc1cc2c(Nc3ccc(Br)cc3F)ncnc2cc1OCC1CCN(C(=O)CN(C)C)CC1.COc1cc2c(Nc3ccc(Br)cc3F)ncnc2cc1OCC1CCNCC1. The number of methoxy groups -OCH3 is 2. The summed E-state index contributed by atoms with van der Waals surface area (Å²) in [7, 11) is 10.4. The molecule has 2 fully saturated rings. The van der Waals surface area contributed by atoms with Crippen molar-refractivity contribution in [2.24, 2.45) is 11.8 Å². The second-order valence-electron chi connectivity index (χ2n) is 17.5. The highest BCUT2D eigenvalue weighted by Crippen LogP contribution is 2.38. The summed E-state index contributed by atoms with van der Waals surface area (Å²) < 4.78 is 53.2. The van der Waals surface area contributed by atoms with Gasteiger partial charge in [0, 0.05) is 44.9 Å². The smallest absolute Gasteiger partial charge is 0.317 e. The Hall–Kier alpha value is -6.00. The van der Waals surface area contributed by atoms with E-state index in [2.05, 4.69) is 67.7 Å². The van der Waals surface area contributed by atoms with Crippen LogP contribution in [0.15, 0.2) is 82.3 Å². The molecule has 0 radical (unpaired) electrons. The fourth-order valence-electron chi connectivity index (χ4n) is 7.76. The minimum atomic E-state index is -0.787. The van der Waals surface area contributed by atoms with Crippen LogP contribution in [0, 0.1) is 23.5 Å². The summed E-state index contributed by atoms with van der Waals surface area (Å²) in [6.45, 7) is 5.24. The number of ether oxygens (including phenoxy) is 4. The number of carboxylic acids is 1. The van der Waals surface area contributed by atoms with Crippen LogP contribution in [-0.4, -0.2) is 147 Å². The predicted molar refractivity (Wildman–Crippen MR) is 278 cm³/mol. The van der Waals surface area contributed by atoms with E-state index >= 15 is 0 Å². The van der Waals surface area contributed by atoms with Crippen molar-refractivity contribution >= 4 is 88.6 Å². The molecule has 0 saturated carbocycles. The number of fused-ring (bicyclic) bond motifs is 2. The zero-order valence-electron chi connectivity index (χ0n) is 40.6. The van der Waals surface area contributed by atoms with E-state index in [1.165, 1.54) is 24.8 Å². The number of likely N-dealkylation sites (N-methyl/N-ethyl adjacent to an activating group) is 2. The molecule has 380 valence electrons. The molecule has 6 aromatic rings. The first-order valence-electron chi connectivity index (χ1n) is 23.0. The van der Waals surface area contributed by atoms with Gasteiger partial charge in [0.15, 0.2) is 23.0 Å². The van der Waals surface area contributed by atoms with Crippen molar-refractivity contribution in [3.63, 3.8) is 0 Å². The number of aromatic nitrogens is 4. The van der Waals surface area contributed by atoms with Gasteiger partial charge < -0.3 is 49.8 Å². The van der Waals surface area contributed by atoms with Crippen LogP contribution in [0.5, 0.6) is 23.0 Å². The molecule has 21 heteroatoms. The summed E-state index contributed by atoms with van der Waals surface area (Å²) in [4.78, 5) is 44.8.